The molecule has 28 heavy (non-hydrogen) atoms. The van der Waals surface area contributed by atoms with Crippen LogP contribution >= 0.6 is 11.3 Å². The number of ether oxygens (including phenoxy) is 3. The van der Waals surface area contributed by atoms with Gasteiger partial charge in [0.25, 0.3) is 0 Å². The molecule has 0 aliphatic carbocycles. The Morgan fingerprint density at radius 1 is 1.14 bits per heavy atom. The lowest BCUT2D eigenvalue weighted by Crippen LogP contribution is -2.30. The fourth-order valence-corrected chi connectivity index (χ4v) is 3.94. The normalized spacial score (nSPS) is 13.2. The molecule has 1 aromatic heterocycles. The van der Waals surface area contributed by atoms with Gasteiger partial charge < -0.3 is 19.5 Å². The van der Waals surface area contributed by atoms with Gasteiger partial charge in [-0.05, 0) is 53.3 Å². The smallest absolute Gasteiger partial charge is 0.231 e. The van der Waals surface area contributed by atoms with Crippen molar-refractivity contribution >= 4 is 17.2 Å². The summed E-state index contributed by atoms with van der Waals surface area (Å²) in [6.07, 6.45) is 0.664. The van der Waals surface area contributed by atoms with E-state index in [1.165, 1.54) is 4.88 Å². The molecule has 1 atom stereocenters. The highest BCUT2D eigenvalue weighted by molar-refractivity contribution is 7.09. The predicted molar refractivity (Wildman–Crippen MR) is 108 cm³/mol. The summed E-state index contributed by atoms with van der Waals surface area (Å²) in [7, 11) is 1.64. The molecule has 5 nitrogen and oxygen atoms in total. The van der Waals surface area contributed by atoms with Crippen molar-refractivity contribution < 1.29 is 19.0 Å². The first-order valence-corrected chi connectivity index (χ1v) is 9.93. The van der Waals surface area contributed by atoms with E-state index in [9.17, 15) is 4.79 Å². The van der Waals surface area contributed by atoms with Crippen LogP contribution in [0.5, 0.6) is 17.2 Å². The zero-order chi connectivity index (χ0) is 19.3. The molecule has 0 bridgehead atoms. The van der Waals surface area contributed by atoms with Crippen LogP contribution in [0.4, 0.5) is 0 Å². The van der Waals surface area contributed by atoms with Crippen molar-refractivity contribution in [2.45, 2.75) is 18.9 Å². The van der Waals surface area contributed by atoms with Gasteiger partial charge in [-0.3, -0.25) is 4.79 Å². The lowest BCUT2D eigenvalue weighted by Gasteiger charge is -2.17. The maximum Gasteiger partial charge on any atom is 0.231 e. The first-order chi connectivity index (χ1) is 13.7. The highest BCUT2D eigenvalue weighted by Crippen LogP contribution is 2.32. The van der Waals surface area contributed by atoms with Crippen LogP contribution in [-0.2, 0) is 17.8 Å². The molecule has 0 fully saturated rings. The van der Waals surface area contributed by atoms with E-state index in [0.717, 1.165) is 28.4 Å². The summed E-state index contributed by atoms with van der Waals surface area (Å²) in [5.74, 6) is 1.97. The third kappa shape index (κ3) is 4.12. The molecule has 3 aromatic rings. The summed E-state index contributed by atoms with van der Waals surface area (Å²) < 4.78 is 16.0. The van der Waals surface area contributed by atoms with E-state index in [0.29, 0.717) is 13.0 Å². The van der Waals surface area contributed by atoms with Crippen molar-refractivity contribution in [1.29, 1.82) is 0 Å². The highest BCUT2D eigenvalue weighted by atomic mass is 32.1. The zero-order valence-corrected chi connectivity index (χ0v) is 16.3. The fourth-order valence-electron chi connectivity index (χ4n) is 3.19. The van der Waals surface area contributed by atoms with Crippen LogP contribution in [0.3, 0.4) is 0 Å². The highest BCUT2D eigenvalue weighted by Gasteiger charge is 2.22. The summed E-state index contributed by atoms with van der Waals surface area (Å²) in [6, 6.07) is 17.5. The van der Waals surface area contributed by atoms with Crippen LogP contribution in [0.25, 0.3) is 0 Å². The van der Waals surface area contributed by atoms with Crippen molar-refractivity contribution in [3.05, 3.63) is 76.0 Å². The number of benzene rings is 2. The van der Waals surface area contributed by atoms with Gasteiger partial charge in [0, 0.05) is 11.4 Å². The number of carbonyl (C=O) groups is 1. The summed E-state index contributed by atoms with van der Waals surface area (Å²) in [4.78, 5) is 14.2. The third-order valence-corrected chi connectivity index (χ3v) is 5.62. The molecule has 1 aliphatic heterocycles. The first-order valence-electron chi connectivity index (χ1n) is 9.05. The van der Waals surface area contributed by atoms with E-state index in [4.69, 9.17) is 14.2 Å². The van der Waals surface area contributed by atoms with Crippen molar-refractivity contribution in [3.8, 4) is 17.2 Å². The Morgan fingerprint density at radius 3 is 2.71 bits per heavy atom. The monoisotopic (exact) mass is 395 g/mol. The van der Waals surface area contributed by atoms with Gasteiger partial charge in [-0.2, -0.15) is 0 Å². The Bertz CT molecular complexity index is 938. The Kier molecular flexibility index (Phi) is 5.48. The minimum absolute atomic E-state index is 0.00349. The first kappa shape index (κ1) is 18.4. The largest absolute Gasteiger partial charge is 0.497 e. The number of nitrogens with one attached hydrogen (secondary N) is 1. The Hall–Kier alpha value is -2.99. The maximum atomic E-state index is 13.0. The molecular weight excluding hydrogens is 374 g/mol. The van der Waals surface area contributed by atoms with Crippen LogP contribution < -0.4 is 19.5 Å². The third-order valence-electron chi connectivity index (χ3n) is 4.72. The van der Waals surface area contributed by atoms with Crippen LogP contribution in [0.2, 0.25) is 0 Å². The molecule has 0 saturated carbocycles. The van der Waals surface area contributed by atoms with E-state index in [-0.39, 0.29) is 18.6 Å². The molecule has 0 spiro atoms. The lowest BCUT2D eigenvalue weighted by atomic mass is 9.94. The number of hydrogen-bond donors (Lipinski definition) is 1. The van der Waals surface area contributed by atoms with Gasteiger partial charge >= 0.3 is 0 Å². The second-order valence-corrected chi connectivity index (χ2v) is 7.55. The van der Waals surface area contributed by atoms with Gasteiger partial charge in [-0.25, -0.2) is 0 Å². The predicted octanol–water partition coefficient (Wildman–Crippen LogP) is 4.13. The second kappa shape index (κ2) is 8.35. The average Bonchev–Trinajstić information content (AvgIpc) is 3.41. The average molecular weight is 395 g/mol. The van der Waals surface area contributed by atoms with Crippen LogP contribution in [-0.4, -0.2) is 19.8 Å². The Morgan fingerprint density at radius 2 is 1.96 bits per heavy atom. The number of rotatable bonds is 7. The van der Waals surface area contributed by atoms with Crippen LogP contribution in [0.15, 0.2) is 60.0 Å². The standard InChI is InChI=1S/C22H21NO4S/c1-25-17-7-5-16(6-8-17)19(12-18-3-2-10-28-18)22(24)23-13-15-4-9-20-21(11-15)27-14-26-20/h2-11,19H,12-14H2,1H3,(H,23,24). The molecule has 1 unspecified atom stereocenters. The van der Waals surface area contributed by atoms with Crippen LogP contribution in [0, 0.1) is 0 Å². The summed E-state index contributed by atoms with van der Waals surface area (Å²) in [5, 5.41) is 5.10. The minimum Gasteiger partial charge on any atom is -0.497 e. The van der Waals surface area contributed by atoms with Crippen molar-refractivity contribution in [3.63, 3.8) is 0 Å². The number of fused-ring (bicyclic) bond motifs is 1. The minimum atomic E-state index is -0.265. The number of carbonyl (C=O) groups excluding carboxylic acids is 1. The maximum absolute atomic E-state index is 13.0. The van der Waals surface area contributed by atoms with E-state index >= 15 is 0 Å². The molecule has 1 amide bonds. The Balaban J connectivity index is 1.49. The Labute approximate surface area is 167 Å². The van der Waals surface area contributed by atoms with Crippen molar-refractivity contribution in [1.82, 2.24) is 5.32 Å². The number of methoxy groups -OCH3 is 1. The molecule has 2 aromatic carbocycles. The van der Waals surface area contributed by atoms with E-state index in [1.807, 2.05) is 53.9 Å². The molecule has 6 heteroatoms. The van der Waals surface area contributed by atoms with E-state index in [1.54, 1.807) is 18.4 Å². The van der Waals surface area contributed by atoms with Crippen molar-refractivity contribution in [2.24, 2.45) is 0 Å². The lowest BCUT2D eigenvalue weighted by molar-refractivity contribution is -0.122. The molecule has 0 saturated heterocycles. The van der Waals surface area contributed by atoms with Gasteiger partial charge in [0.2, 0.25) is 12.7 Å². The van der Waals surface area contributed by atoms with Gasteiger partial charge in [0.15, 0.2) is 11.5 Å². The SMILES string of the molecule is COc1ccc(C(Cc2cccs2)C(=O)NCc2ccc3c(c2)OCO3)cc1. The number of hydrogen-bond acceptors (Lipinski definition) is 5. The molecule has 144 valence electrons. The van der Waals surface area contributed by atoms with Gasteiger partial charge in [0.05, 0.1) is 13.0 Å². The zero-order valence-electron chi connectivity index (χ0n) is 15.5. The molecular formula is C22H21NO4S. The molecule has 0 radical (unpaired) electrons. The van der Waals surface area contributed by atoms with Gasteiger partial charge in [0.1, 0.15) is 5.75 Å². The van der Waals surface area contributed by atoms with E-state index < -0.39 is 0 Å². The summed E-state index contributed by atoms with van der Waals surface area (Å²) >= 11 is 1.66. The number of amides is 1. The fraction of sp³-hybridized carbons (Fsp3) is 0.227. The molecule has 1 aliphatic rings. The van der Waals surface area contributed by atoms with E-state index in [2.05, 4.69) is 11.4 Å². The summed E-state index contributed by atoms with van der Waals surface area (Å²) in [5.41, 5.74) is 1.94. The van der Waals surface area contributed by atoms with Crippen LogP contribution in [0.1, 0.15) is 21.9 Å². The van der Waals surface area contributed by atoms with Gasteiger partial charge in [-0.15, -0.1) is 11.3 Å². The topological polar surface area (TPSA) is 56.8 Å². The quantitative estimate of drug-likeness (QED) is 0.654. The number of thiophene rings is 1. The second-order valence-electron chi connectivity index (χ2n) is 6.51. The molecule has 1 N–H and O–H groups in total. The van der Waals surface area contributed by atoms with Crippen molar-refractivity contribution in [2.75, 3.05) is 13.9 Å². The van der Waals surface area contributed by atoms with Gasteiger partial charge in [-0.1, -0.05) is 24.3 Å². The summed E-state index contributed by atoms with van der Waals surface area (Å²) in [6.45, 7) is 0.679. The molecule has 4 rings (SSSR count). The molecule has 2 heterocycles.